The molecule has 0 aromatic carbocycles. The van der Waals surface area contributed by atoms with Crippen molar-refractivity contribution in [2.24, 2.45) is 0 Å². The highest BCUT2D eigenvalue weighted by molar-refractivity contribution is 5.58. The minimum Gasteiger partial charge on any atom is -0.353 e. The summed E-state index contributed by atoms with van der Waals surface area (Å²) in [5, 5.41) is 26.6. The SMILES string of the molecule is CCc1nnc(N(C)C(C)CC#N)c(C#N)c1CC. The van der Waals surface area contributed by atoms with E-state index in [9.17, 15) is 5.26 Å². The fraction of sp³-hybridized carbons (Fsp3) is 0.571. The smallest absolute Gasteiger partial charge is 0.169 e. The molecule has 19 heavy (non-hydrogen) atoms. The van der Waals surface area contributed by atoms with E-state index in [0.717, 1.165) is 24.1 Å². The number of aromatic nitrogens is 2. The van der Waals surface area contributed by atoms with Gasteiger partial charge in [-0.3, -0.25) is 0 Å². The van der Waals surface area contributed by atoms with E-state index < -0.39 is 0 Å². The van der Waals surface area contributed by atoms with Crippen molar-refractivity contribution in [1.29, 1.82) is 10.5 Å². The van der Waals surface area contributed by atoms with Gasteiger partial charge in [0.2, 0.25) is 0 Å². The van der Waals surface area contributed by atoms with Crippen LogP contribution in [-0.4, -0.2) is 23.3 Å². The second kappa shape index (κ2) is 6.70. The maximum Gasteiger partial charge on any atom is 0.169 e. The zero-order valence-corrected chi connectivity index (χ0v) is 11.9. The minimum atomic E-state index is 0.00332. The summed E-state index contributed by atoms with van der Waals surface area (Å²) in [6.07, 6.45) is 1.91. The van der Waals surface area contributed by atoms with E-state index in [1.165, 1.54) is 0 Å². The van der Waals surface area contributed by atoms with Crippen LogP contribution in [-0.2, 0) is 12.8 Å². The van der Waals surface area contributed by atoms with Crippen LogP contribution in [0.4, 0.5) is 5.82 Å². The van der Waals surface area contributed by atoms with Crippen molar-refractivity contribution in [3.05, 3.63) is 16.8 Å². The summed E-state index contributed by atoms with van der Waals surface area (Å²) in [6, 6.07) is 4.38. The fourth-order valence-electron chi connectivity index (χ4n) is 2.00. The van der Waals surface area contributed by atoms with Crippen molar-refractivity contribution >= 4 is 5.82 Å². The van der Waals surface area contributed by atoms with Gasteiger partial charge in [-0.2, -0.15) is 15.6 Å². The van der Waals surface area contributed by atoms with Gasteiger partial charge in [-0.05, 0) is 25.3 Å². The van der Waals surface area contributed by atoms with Crippen LogP contribution in [0.15, 0.2) is 0 Å². The molecule has 5 nitrogen and oxygen atoms in total. The monoisotopic (exact) mass is 257 g/mol. The van der Waals surface area contributed by atoms with E-state index in [0.29, 0.717) is 17.8 Å². The normalized spacial score (nSPS) is 11.5. The molecule has 0 fully saturated rings. The first-order valence-electron chi connectivity index (χ1n) is 6.48. The summed E-state index contributed by atoms with van der Waals surface area (Å²) >= 11 is 0. The molecule has 0 aliphatic carbocycles. The van der Waals surface area contributed by atoms with Gasteiger partial charge in [-0.25, -0.2) is 0 Å². The first-order chi connectivity index (χ1) is 9.10. The molecule has 0 aliphatic rings. The van der Waals surface area contributed by atoms with E-state index in [1.807, 2.05) is 32.7 Å². The van der Waals surface area contributed by atoms with Gasteiger partial charge in [-0.15, -0.1) is 5.10 Å². The Bertz CT molecular complexity index is 524. The third-order valence-electron chi connectivity index (χ3n) is 3.32. The molecule has 1 rings (SSSR count). The molecule has 1 atom stereocenters. The molecular formula is C14H19N5. The quantitative estimate of drug-likeness (QED) is 0.808. The lowest BCUT2D eigenvalue weighted by Gasteiger charge is -2.25. The summed E-state index contributed by atoms with van der Waals surface area (Å²) in [5.74, 6) is 0.569. The Hall–Kier alpha value is -2.14. The van der Waals surface area contributed by atoms with Gasteiger partial charge in [0, 0.05) is 13.1 Å². The second-order valence-corrected chi connectivity index (χ2v) is 4.46. The van der Waals surface area contributed by atoms with E-state index in [-0.39, 0.29) is 6.04 Å². The van der Waals surface area contributed by atoms with Gasteiger partial charge >= 0.3 is 0 Å². The van der Waals surface area contributed by atoms with Crippen LogP contribution in [0.1, 0.15) is 44.0 Å². The number of nitrogens with zero attached hydrogens (tertiary/aromatic N) is 5. The molecule has 0 aliphatic heterocycles. The van der Waals surface area contributed by atoms with Crippen molar-refractivity contribution in [2.45, 2.75) is 46.1 Å². The lowest BCUT2D eigenvalue weighted by atomic mass is 10.0. The maximum atomic E-state index is 9.40. The van der Waals surface area contributed by atoms with E-state index in [2.05, 4.69) is 22.3 Å². The average molecular weight is 257 g/mol. The lowest BCUT2D eigenvalue weighted by Crippen LogP contribution is -2.30. The first-order valence-corrected chi connectivity index (χ1v) is 6.48. The zero-order valence-electron chi connectivity index (χ0n) is 11.9. The van der Waals surface area contributed by atoms with Crippen LogP contribution >= 0.6 is 0 Å². The van der Waals surface area contributed by atoms with Crippen LogP contribution in [0.25, 0.3) is 0 Å². The van der Waals surface area contributed by atoms with E-state index in [1.54, 1.807) is 0 Å². The Labute approximate surface area is 114 Å². The van der Waals surface area contributed by atoms with Crippen molar-refractivity contribution in [3.8, 4) is 12.1 Å². The molecule has 1 unspecified atom stereocenters. The zero-order chi connectivity index (χ0) is 14.4. The summed E-state index contributed by atoms with van der Waals surface area (Å²) in [4.78, 5) is 1.85. The molecule has 0 saturated heterocycles. The number of hydrogen-bond acceptors (Lipinski definition) is 5. The lowest BCUT2D eigenvalue weighted by molar-refractivity contribution is 0.682. The molecule has 0 N–H and O–H groups in total. The minimum absolute atomic E-state index is 0.00332. The molecule has 1 aromatic heterocycles. The molecule has 0 bridgehead atoms. The van der Waals surface area contributed by atoms with Crippen LogP contribution in [0, 0.1) is 22.7 Å². The Morgan fingerprint density at radius 2 is 1.89 bits per heavy atom. The van der Waals surface area contributed by atoms with Crippen molar-refractivity contribution in [2.75, 3.05) is 11.9 Å². The third-order valence-corrected chi connectivity index (χ3v) is 3.32. The molecule has 0 radical (unpaired) electrons. The van der Waals surface area contributed by atoms with E-state index in [4.69, 9.17) is 5.26 Å². The Kier molecular flexibility index (Phi) is 5.26. The Balaban J connectivity index is 3.30. The van der Waals surface area contributed by atoms with Gasteiger partial charge in [0.1, 0.15) is 11.6 Å². The highest BCUT2D eigenvalue weighted by Crippen LogP contribution is 2.24. The summed E-state index contributed by atoms with van der Waals surface area (Å²) < 4.78 is 0. The van der Waals surface area contributed by atoms with Crippen molar-refractivity contribution in [1.82, 2.24) is 10.2 Å². The van der Waals surface area contributed by atoms with E-state index >= 15 is 0 Å². The molecule has 1 aromatic rings. The molecule has 0 saturated carbocycles. The second-order valence-electron chi connectivity index (χ2n) is 4.46. The van der Waals surface area contributed by atoms with Crippen LogP contribution in [0.5, 0.6) is 0 Å². The van der Waals surface area contributed by atoms with Crippen LogP contribution < -0.4 is 4.90 Å². The van der Waals surface area contributed by atoms with Gasteiger partial charge in [0.25, 0.3) is 0 Å². The topological polar surface area (TPSA) is 76.6 Å². The highest BCUT2D eigenvalue weighted by atomic mass is 15.3. The molecule has 0 amide bonds. The highest BCUT2D eigenvalue weighted by Gasteiger charge is 2.20. The summed E-state index contributed by atoms with van der Waals surface area (Å²) in [5.41, 5.74) is 2.43. The van der Waals surface area contributed by atoms with Crippen LogP contribution in [0.3, 0.4) is 0 Å². The first kappa shape index (κ1) is 14.9. The Morgan fingerprint density at radius 1 is 1.21 bits per heavy atom. The predicted octanol–water partition coefficient (Wildman–Crippen LogP) is 2.21. The molecule has 0 spiro atoms. The van der Waals surface area contributed by atoms with Gasteiger partial charge in [-0.1, -0.05) is 13.8 Å². The van der Waals surface area contributed by atoms with Crippen LogP contribution in [0.2, 0.25) is 0 Å². The predicted molar refractivity (Wildman–Crippen MR) is 73.6 cm³/mol. The molecule has 5 heteroatoms. The standard InChI is InChI=1S/C14H19N5/c1-5-11-12(9-16)14(18-17-13(11)6-2)19(4)10(3)7-8-15/h10H,5-7H2,1-4H3. The number of hydrogen-bond donors (Lipinski definition) is 0. The molecular weight excluding hydrogens is 238 g/mol. The van der Waals surface area contributed by atoms with Crippen molar-refractivity contribution < 1.29 is 0 Å². The number of rotatable bonds is 5. The average Bonchev–Trinajstić information content (AvgIpc) is 2.44. The Morgan fingerprint density at radius 3 is 2.37 bits per heavy atom. The molecule has 1 heterocycles. The third kappa shape index (κ3) is 3.00. The van der Waals surface area contributed by atoms with Gasteiger partial charge < -0.3 is 4.90 Å². The number of anilines is 1. The summed E-state index contributed by atoms with van der Waals surface area (Å²) in [6.45, 7) is 5.96. The van der Waals surface area contributed by atoms with Crippen molar-refractivity contribution in [3.63, 3.8) is 0 Å². The maximum absolute atomic E-state index is 9.40. The molecule has 100 valence electrons. The largest absolute Gasteiger partial charge is 0.353 e. The number of aryl methyl sites for hydroxylation is 1. The fourth-order valence-corrected chi connectivity index (χ4v) is 2.00. The van der Waals surface area contributed by atoms with Gasteiger partial charge in [0.05, 0.1) is 18.2 Å². The summed E-state index contributed by atoms with van der Waals surface area (Å²) in [7, 11) is 1.85. The van der Waals surface area contributed by atoms with Gasteiger partial charge in [0.15, 0.2) is 5.82 Å². The number of nitriles is 2.